The standard InChI is InChI=1S/C14H13F3N2O/c1-20-11-2-3-12(13(17)7-11)14(19-18)8-4-9(15)6-10(16)5-8/h2-7,14,19H,18H2,1H3. The molecule has 2 aromatic rings. The lowest BCUT2D eigenvalue weighted by atomic mass is 9.98. The van der Waals surface area contributed by atoms with Gasteiger partial charge < -0.3 is 4.74 Å². The van der Waals surface area contributed by atoms with Crippen LogP contribution < -0.4 is 16.0 Å². The summed E-state index contributed by atoms with van der Waals surface area (Å²) in [6, 6.07) is 6.22. The summed E-state index contributed by atoms with van der Waals surface area (Å²) in [5.41, 5.74) is 2.71. The van der Waals surface area contributed by atoms with Crippen LogP contribution in [-0.4, -0.2) is 7.11 Å². The molecule has 0 spiro atoms. The highest BCUT2D eigenvalue weighted by molar-refractivity contribution is 5.37. The number of ether oxygens (including phenoxy) is 1. The quantitative estimate of drug-likeness (QED) is 0.669. The lowest BCUT2D eigenvalue weighted by molar-refractivity contribution is 0.410. The van der Waals surface area contributed by atoms with E-state index >= 15 is 0 Å². The molecule has 106 valence electrons. The van der Waals surface area contributed by atoms with Crippen LogP contribution in [0.1, 0.15) is 17.2 Å². The van der Waals surface area contributed by atoms with E-state index in [2.05, 4.69) is 5.43 Å². The molecule has 0 heterocycles. The Morgan fingerprint density at radius 1 is 1.05 bits per heavy atom. The van der Waals surface area contributed by atoms with Crippen molar-refractivity contribution in [2.45, 2.75) is 6.04 Å². The normalized spacial score (nSPS) is 12.2. The van der Waals surface area contributed by atoms with Crippen LogP contribution in [0.2, 0.25) is 0 Å². The Labute approximate surface area is 114 Å². The monoisotopic (exact) mass is 282 g/mol. The van der Waals surface area contributed by atoms with E-state index in [0.717, 1.165) is 18.2 Å². The van der Waals surface area contributed by atoms with Crippen LogP contribution in [0, 0.1) is 17.5 Å². The molecule has 20 heavy (non-hydrogen) atoms. The van der Waals surface area contributed by atoms with Gasteiger partial charge in [0.2, 0.25) is 0 Å². The van der Waals surface area contributed by atoms with Gasteiger partial charge in [-0.05, 0) is 23.8 Å². The molecule has 3 nitrogen and oxygen atoms in total. The fraction of sp³-hybridized carbons (Fsp3) is 0.143. The number of nitrogens with one attached hydrogen (secondary N) is 1. The number of halogens is 3. The first-order chi connectivity index (χ1) is 9.55. The smallest absolute Gasteiger partial charge is 0.132 e. The largest absolute Gasteiger partial charge is 0.497 e. The predicted molar refractivity (Wildman–Crippen MR) is 68.5 cm³/mol. The fourth-order valence-corrected chi connectivity index (χ4v) is 1.98. The maximum Gasteiger partial charge on any atom is 0.132 e. The summed E-state index contributed by atoms with van der Waals surface area (Å²) in [6.45, 7) is 0. The number of hydrogen-bond donors (Lipinski definition) is 2. The van der Waals surface area contributed by atoms with Gasteiger partial charge in [0, 0.05) is 17.7 Å². The minimum absolute atomic E-state index is 0.165. The van der Waals surface area contributed by atoms with Crippen molar-refractivity contribution in [3.8, 4) is 5.75 Å². The molecule has 0 aliphatic rings. The molecule has 0 amide bonds. The van der Waals surface area contributed by atoms with Crippen molar-refractivity contribution in [1.29, 1.82) is 0 Å². The van der Waals surface area contributed by atoms with E-state index in [1.807, 2.05) is 0 Å². The average molecular weight is 282 g/mol. The van der Waals surface area contributed by atoms with Crippen LogP contribution in [-0.2, 0) is 0 Å². The molecule has 0 fully saturated rings. The number of rotatable bonds is 4. The molecule has 6 heteroatoms. The lowest BCUT2D eigenvalue weighted by Crippen LogP contribution is -2.29. The van der Waals surface area contributed by atoms with Gasteiger partial charge in [0.1, 0.15) is 23.2 Å². The summed E-state index contributed by atoms with van der Waals surface area (Å²) >= 11 is 0. The lowest BCUT2D eigenvalue weighted by Gasteiger charge is -2.18. The maximum absolute atomic E-state index is 14.0. The third kappa shape index (κ3) is 2.92. The summed E-state index contributed by atoms with van der Waals surface area (Å²) in [4.78, 5) is 0. The molecule has 0 aromatic heterocycles. The van der Waals surface area contributed by atoms with Gasteiger partial charge in [-0.15, -0.1) is 0 Å². The van der Waals surface area contributed by atoms with Crippen LogP contribution in [0.25, 0.3) is 0 Å². The number of hydrazine groups is 1. The van der Waals surface area contributed by atoms with E-state index < -0.39 is 23.5 Å². The van der Waals surface area contributed by atoms with Gasteiger partial charge in [-0.2, -0.15) is 0 Å². The Morgan fingerprint density at radius 2 is 1.70 bits per heavy atom. The molecule has 0 saturated heterocycles. The van der Waals surface area contributed by atoms with Gasteiger partial charge in [-0.1, -0.05) is 6.07 Å². The molecule has 2 rings (SSSR count). The zero-order chi connectivity index (χ0) is 14.7. The second-order valence-corrected chi connectivity index (χ2v) is 4.19. The first kappa shape index (κ1) is 14.4. The van der Waals surface area contributed by atoms with Crippen LogP contribution in [0.15, 0.2) is 36.4 Å². The molecule has 1 atom stereocenters. The molecular weight excluding hydrogens is 269 g/mol. The number of benzene rings is 2. The van der Waals surface area contributed by atoms with Crippen LogP contribution >= 0.6 is 0 Å². The van der Waals surface area contributed by atoms with Gasteiger partial charge in [0.05, 0.1) is 13.2 Å². The summed E-state index contributed by atoms with van der Waals surface area (Å²) < 4.78 is 45.4. The Hall–Kier alpha value is -2.05. The molecule has 3 N–H and O–H groups in total. The minimum atomic E-state index is -0.869. The van der Waals surface area contributed by atoms with E-state index in [0.29, 0.717) is 5.75 Å². The average Bonchev–Trinajstić information content (AvgIpc) is 2.40. The molecule has 0 aliphatic carbocycles. The third-order valence-electron chi connectivity index (χ3n) is 2.90. The number of methoxy groups -OCH3 is 1. The Morgan fingerprint density at radius 3 is 2.20 bits per heavy atom. The molecular formula is C14H13F3N2O. The first-order valence-electron chi connectivity index (χ1n) is 5.80. The van der Waals surface area contributed by atoms with Crippen LogP contribution in [0.5, 0.6) is 5.75 Å². The number of hydrogen-bond acceptors (Lipinski definition) is 3. The van der Waals surface area contributed by atoms with Crippen LogP contribution in [0.4, 0.5) is 13.2 Å². The highest BCUT2D eigenvalue weighted by Gasteiger charge is 2.18. The second kappa shape index (κ2) is 5.94. The molecule has 0 saturated carbocycles. The van der Waals surface area contributed by atoms with Gasteiger partial charge in [-0.3, -0.25) is 5.84 Å². The molecule has 2 aromatic carbocycles. The van der Waals surface area contributed by atoms with Crippen molar-refractivity contribution in [2.75, 3.05) is 7.11 Å². The van der Waals surface area contributed by atoms with E-state index in [1.54, 1.807) is 6.07 Å². The van der Waals surface area contributed by atoms with Crippen molar-refractivity contribution in [3.63, 3.8) is 0 Å². The zero-order valence-electron chi connectivity index (χ0n) is 10.7. The molecule has 0 bridgehead atoms. The van der Waals surface area contributed by atoms with E-state index in [4.69, 9.17) is 10.6 Å². The van der Waals surface area contributed by atoms with Crippen LogP contribution in [0.3, 0.4) is 0 Å². The highest BCUT2D eigenvalue weighted by atomic mass is 19.1. The van der Waals surface area contributed by atoms with E-state index in [9.17, 15) is 13.2 Å². The topological polar surface area (TPSA) is 47.3 Å². The van der Waals surface area contributed by atoms with Crippen molar-refractivity contribution in [3.05, 3.63) is 65.0 Å². The molecule has 1 unspecified atom stereocenters. The Bertz CT molecular complexity index is 599. The Balaban J connectivity index is 2.46. The predicted octanol–water partition coefficient (Wildman–Crippen LogP) is 2.67. The minimum Gasteiger partial charge on any atom is -0.497 e. The van der Waals surface area contributed by atoms with Crippen molar-refractivity contribution in [1.82, 2.24) is 5.43 Å². The second-order valence-electron chi connectivity index (χ2n) is 4.19. The van der Waals surface area contributed by atoms with Gasteiger partial charge in [0.15, 0.2) is 0 Å². The van der Waals surface area contributed by atoms with Gasteiger partial charge >= 0.3 is 0 Å². The van der Waals surface area contributed by atoms with E-state index in [-0.39, 0.29) is 11.1 Å². The van der Waals surface area contributed by atoms with Crippen molar-refractivity contribution in [2.24, 2.45) is 5.84 Å². The number of nitrogens with two attached hydrogens (primary N) is 1. The first-order valence-corrected chi connectivity index (χ1v) is 5.80. The summed E-state index contributed by atoms with van der Waals surface area (Å²) in [6.07, 6.45) is 0. The molecule has 0 aliphatic heterocycles. The zero-order valence-corrected chi connectivity index (χ0v) is 10.7. The Kier molecular flexibility index (Phi) is 4.26. The van der Waals surface area contributed by atoms with Gasteiger partial charge in [0.25, 0.3) is 0 Å². The summed E-state index contributed by atoms with van der Waals surface area (Å²) in [5, 5.41) is 0. The SMILES string of the molecule is COc1ccc(C(NN)c2cc(F)cc(F)c2)c(F)c1. The summed E-state index contributed by atoms with van der Waals surface area (Å²) in [7, 11) is 1.41. The fourth-order valence-electron chi connectivity index (χ4n) is 1.98. The maximum atomic E-state index is 14.0. The van der Waals surface area contributed by atoms with E-state index in [1.165, 1.54) is 19.2 Å². The third-order valence-corrected chi connectivity index (χ3v) is 2.90. The molecule has 0 radical (unpaired) electrons. The highest BCUT2D eigenvalue weighted by Crippen LogP contribution is 2.27. The van der Waals surface area contributed by atoms with Crippen molar-refractivity contribution < 1.29 is 17.9 Å². The van der Waals surface area contributed by atoms with Crippen molar-refractivity contribution >= 4 is 0 Å². The summed E-state index contributed by atoms with van der Waals surface area (Å²) in [5.74, 6) is 3.63. The van der Waals surface area contributed by atoms with Gasteiger partial charge in [-0.25, -0.2) is 18.6 Å².